The van der Waals surface area contributed by atoms with Crippen molar-refractivity contribution >= 4 is 0 Å². The molecular formula is C11H26N2. The molecule has 0 atom stereocenters. The van der Waals surface area contributed by atoms with Crippen molar-refractivity contribution in [3.8, 4) is 0 Å². The molecule has 13 heavy (non-hydrogen) atoms. The van der Waals surface area contributed by atoms with E-state index < -0.39 is 0 Å². The van der Waals surface area contributed by atoms with Crippen LogP contribution in [-0.2, 0) is 0 Å². The minimum absolute atomic E-state index is 0.217. The summed E-state index contributed by atoms with van der Waals surface area (Å²) in [5, 5.41) is 6.78. The molecule has 0 rings (SSSR count). The van der Waals surface area contributed by atoms with Crippen LogP contribution in [0, 0.1) is 5.41 Å². The second-order valence-corrected chi connectivity index (χ2v) is 5.91. The van der Waals surface area contributed by atoms with Gasteiger partial charge in [-0.3, -0.25) is 5.32 Å². The van der Waals surface area contributed by atoms with Gasteiger partial charge in [0.05, 0.1) is 0 Å². The van der Waals surface area contributed by atoms with Gasteiger partial charge in [0.25, 0.3) is 0 Å². The second-order valence-electron chi connectivity index (χ2n) is 5.91. The third-order valence-electron chi connectivity index (χ3n) is 1.80. The van der Waals surface area contributed by atoms with Crippen molar-refractivity contribution in [3.05, 3.63) is 0 Å². The Kier molecular flexibility index (Phi) is 4.93. The first kappa shape index (κ1) is 12.9. The van der Waals surface area contributed by atoms with E-state index in [1.807, 2.05) is 0 Å². The molecule has 0 bridgehead atoms. The third kappa shape index (κ3) is 11.9. The molecule has 0 aromatic rings. The molecule has 0 aromatic heterocycles. The molecule has 0 aliphatic heterocycles. The highest BCUT2D eigenvalue weighted by atomic mass is 15.1. The number of nitrogens with one attached hydrogen (secondary N) is 2. The fourth-order valence-corrected chi connectivity index (χ4v) is 0.879. The first-order valence-corrected chi connectivity index (χ1v) is 5.16. The molecule has 0 spiro atoms. The van der Waals surface area contributed by atoms with Crippen LogP contribution >= 0.6 is 0 Å². The van der Waals surface area contributed by atoms with Crippen molar-refractivity contribution in [1.82, 2.24) is 10.6 Å². The summed E-state index contributed by atoms with van der Waals surface area (Å²) in [7, 11) is 0. The van der Waals surface area contributed by atoms with Gasteiger partial charge in [-0.2, -0.15) is 0 Å². The zero-order chi connectivity index (χ0) is 10.5. The predicted octanol–water partition coefficient (Wildman–Crippen LogP) is 2.36. The highest BCUT2D eigenvalue weighted by Crippen LogP contribution is 2.16. The van der Waals surface area contributed by atoms with Crippen molar-refractivity contribution < 1.29 is 0 Å². The Morgan fingerprint density at radius 2 is 1.46 bits per heavy atom. The van der Waals surface area contributed by atoms with Gasteiger partial charge in [-0.25, -0.2) is 0 Å². The summed E-state index contributed by atoms with van der Waals surface area (Å²) < 4.78 is 0. The Morgan fingerprint density at radius 3 is 1.85 bits per heavy atom. The normalized spacial score (nSPS) is 13.4. The fourth-order valence-electron chi connectivity index (χ4n) is 0.879. The molecule has 0 aliphatic rings. The standard InChI is InChI=1S/C11H26N2/c1-10(2,3)7-8-12-9-13-11(4,5)6/h12-13H,7-9H2,1-6H3. The monoisotopic (exact) mass is 186 g/mol. The van der Waals surface area contributed by atoms with Crippen molar-refractivity contribution in [3.63, 3.8) is 0 Å². The minimum atomic E-state index is 0.217. The first-order chi connectivity index (χ1) is 5.71. The van der Waals surface area contributed by atoms with Crippen LogP contribution in [0.1, 0.15) is 48.0 Å². The van der Waals surface area contributed by atoms with Crippen molar-refractivity contribution in [2.24, 2.45) is 5.41 Å². The summed E-state index contributed by atoms with van der Waals surface area (Å²) in [6, 6.07) is 0. The van der Waals surface area contributed by atoms with E-state index in [0.29, 0.717) is 5.41 Å². The summed E-state index contributed by atoms with van der Waals surface area (Å²) in [5.41, 5.74) is 0.656. The smallest absolute Gasteiger partial charge is 0.0458 e. The van der Waals surface area contributed by atoms with Crippen LogP contribution in [0.2, 0.25) is 0 Å². The highest BCUT2D eigenvalue weighted by Gasteiger charge is 2.10. The quantitative estimate of drug-likeness (QED) is 0.520. The molecule has 80 valence electrons. The minimum Gasteiger partial charge on any atom is -0.304 e. The molecule has 2 heteroatoms. The maximum atomic E-state index is 3.40. The molecule has 0 heterocycles. The van der Waals surface area contributed by atoms with Gasteiger partial charge in [-0.05, 0) is 39.2 Å². The highest BCUT2D eigenvalue weighted by molar-refractivity contribution is 4.69. The molecule has 0 aromatic carbocycles. The number of hydrogen-bond acceptors (Lipinski definition) is 2. The van der Waals surface area contributed by atoms with E-state index in [-0.39, 0.29) is 5.54 Å². The van der Waals surface area contributed by atoms with Crippen LogP contribution in [-0.4, -0.2) is 18.8 Å². The van der Waals surface area contributed by atoms with Gasteiger partial charge in [0.15, 0.2) is 0 Å². The third-order valence-corrected chi connectivity index (χ3v) is 1.80. The van der Waals surface area contributed by atoms with Crippen LogP contribution in [0.15, 0.2) is 0 Å². The molecule has 0 unspecified atom stereocenters. The van der Waals surface area contributed by atoms with Crippen LogP contribution in [0.5, 0.6) is 0 Å². The van der Waals surface area contributed by atoms with Gasteiger partial charge in [0, 0.05) is 12.2 Å². The van der Waals surface area contributed by atoms with Gasteiger partial charge in [0.2, 0.25) is 0 Å². The van der Waals surface area contributed by atoms with Gasteiger partial charge in [-0.1, -0.05) is 20.8 Å². The van der Waals surface area contributed by atoms with Crippen LogP contribution in [0.3, 0.4) is 0 Å². The van der Waals surface area contributed by atoms with Crippen LogP contribution < -0.4 is 10.6 Å². The van der Waals surface area contributed by atoms with E-state index in [1.165, 1.54) is 6.42 Å². The molecule has 2 nitrogen and oxygen atoms in total. The Bertz CT molecular complexity index is 112. The number of hydrogen-bond donors (Lipinski definition) is 2. The van der Waals surface area contributed by atoms with Crippen molar-refractivity contribution in [1.29, 1.82) is 0 Å². The van der Waals surface area contributed by atoms with Gasteiger partial charge >= 0.3 is 0 Å². The van der Waals surface area contributed by atoms with Gasteiger partial charge in [-0.15, -0.1) is 0 Å². The molecule has 0 radical (unpaired) electrons. The zero-order valence-corrected chi connectivity index (χ0v) is 10.1. The maximum Gasteiger partial charge on any atom is 0.0458 e. The zero-order valence-electron chi connectivity index (χ0n) is 10.1. The van der Waals surface area contributed by atoms with E-state index in [1.54, 1.807) is 0 Å². The first-order valence-electron chi connectivity index (χ1n) is 5.16. The van der Waals surface area contributed by atoms with Gasteiger partial charge in [0.1, 0.15) is 0 Å². The summed E-state index contributed by atoms with van der Waals surface area (Å²) in [5.74, 6) is 0. The SMILES string of the molecule is CC(C)(C)CCNCNC(C)(C)C. The maximum absolute atomic E-state index is 3.40. The summed E-state index contributed by atoms with van der Waals surface area (Å²) >= 11 is 0. The Hall–Kier alpha value is -0.0800. The summed E-state index contributed by atoms with van der Waals surface area (Å²) in [6.45, 7) is 15.3. The average molecular weight is 186 g/mol. The molecule has 0 aliphatic carbocycles. The fraction of sp³-hybridized carbons (Fsp3) is 1.00. The number of rotatable bonds is 4. The van der Waals surface area contributed by atoms with E-state index in [9.17, 15) is 0 Å². The molecular weight excluding hydrogens is 160 g/mol. The Labute approximate surface area is 83.5 Å². The second kappa shape index (κ2) is 4.97. The molecule has 0 saturated heterocycles. The topological polar surface area (TPSA) is 24.1 Å². The predicted molar refractivity (Wildman–Crippen MR) is 59.8 cm³/mol. The molecule has 2 N–H and O–H groups in total. The molecule has 0 saturated carbocycles. The van der Waals surface area contributed by atoms with Gasteiger partial charge < -0.3 is 5.32 Å². The van der Waals surface area contributed by atoms with E-state index in [4.69, 9.17) is 0 Å². The molecule has 0 amide bonds. The summed E-state index contributed by atoms with van der Waals surface area (Å²) in [4.78, 5) is 0. The Morgan fingerprint density at radius 1 is 0.923 bits per heavy atom. The lowest BCUT2D eigenvalue weighted by Crippen LogP contribution is -2.42. The average Bonchev–Trinajstić information content (AvgIpc) is 1.81. The van der Waals surface area contributed by atoms with Crippen molar-refractivity contribution in [2.75, 3.05) is 13.2 Å². The Balaban J connectivity index is 3.28. The van der Waals surface area contributed by atoms with E-state index in [2.05, 4.69) is 52.2 Å². The lowest BCUT2D eigenvalue weighted by Gasteiger charge is -2.22. The largest absolute Gasteiger partial charge is 0.304 e. The summed E-state index contributed by atoms with van der Waals surface area (Å²) in [6.07, 6.45) is 1.22. The molecule has 0 fully saturated rings. The van der Waals surface area contributed by atoms with Crippen LogP contribution in [0.4, 0.5) is 0 Å². The van der Waals surface area contributed by atoms with E-state index in [0.717, 1.165) is 13.2 Å². The lowest BCUT2D eigenvalue weighted by atomic mass is 9.92. The lowest BCUT2D eigenvalue weighted by molar-refractivity contribution is 0.348. The van der Waals surface area contributed by atoms with Crippen LogP contribution in [0.25, 0.3) is 0 Å². The van der Waals surface area contributed by atoms with Crippen molar-refractivity contribution in [2.45, 2.75) is 53.5 Å². The van der Waals surface area contributed by atoms with E-state index >= 15 is 0 Å².